The molecule has 0 saturated carbocycles. The van der Waals surface area contributed by atoms with Gasteiger partial charge in [0.25, 0.3) is 5.91 Å². The number of benzene rings is 1. The summed E-state index contributed by atoms with van der Waals surface area (Å²) in [4.78, 5) is 63.7. The maximum Gasteiger partial charge on any atom is 0.413 e. The van der Waals surface area contributed by atoms with E-state index in [2.05, 4.69) is 20.6 Å². The van der Waals surface area contributed by atoms with Gasteiger partial charge in [-0.2, -0.15) is 0 Å². The summed E-state index contributed by atoms with van der Waals surface area (Å²) in [5.41, 5.74) is 1.31. The second-order valence-electron chi connectivity index (χ2n) is 11.2. The third-order valence-electron chi connectivity index (χ3n) is 6.93. The van der Waals surface area contributed by atoms with Crippen LogP contribution in [0.2, 0.25) is 5.02 Å². The number of nitrogens with one attached hydrogen (secondary N) is 2. The molecule has 43 heavy (non-hydrogen) atoms. The summed E-state index contributed by atoms with van der Waals surface area (Å²) in [5, 5.41) is 6.00. The molecule has 1 aliphatic rings. The molecule has 0 spiro atoms. The Labute approximate surface area is 255 Å². The first-order chi connectivity index (χ1) is 20.4. The fourth-order valence-electron chi connectivity index (χ4n) is 4.84. The number of β-lactam (4-membered cyclic amide) rings is 1. The number of likely N-dealkylation sites (N-methyl/N-ethyl adjacent to an activating group) is 1. The van der Waals surface area contributed by atoms with Crippen LogP contribution in [0.3, 0.4) is 0 Å². The van der Waals surface area contributed by atoms with E-state index >= 15 is 0 Å². The van der Waals surface area contributed by atoms with E-state index in [1.54, 1.807) is 82.7 Å². The van der Waals surface area contributed by atoms with Gasteiger partial charge in [0, 0.05) is 36.3 Å². The molecule has 5 amide bonds. The van der Waals surface area contributed by atoms with Gasteiger partial charge in [0.2, 0.25) is 5.91 Å². The molecule has 12 heteroatoms. The summed E-state index contributed by atoms with van der Waals surface area (Å²) in [5.74, 6) is -1.51. The number of rotatable bonds is 8. The molecule has 1 aliphatic heterocycles. The average Bonchev–Trinajstić information content (AvgIpc) is 2.96. The zero-order valence-electron chi connectivity index (χ0n) is 24.7. The number of aromatic nitrogens is 2. The average molecular weight is 607 g/mol. The van der Waals surface area contributed by atoms with Gasteiger partial charge in [-0.05, 0) is 81.1 Å². The van der Waals surface area contributed by atoms with Crippen molar-refractivity contribution in [3.05, 3.63) is 83.3 Å². The smallest absolute Gasteiger partial charge is 0.413 e. The predicted octanol–water partition coefficient (Wildman–Crippen LogP) is 5.37. The van der Waals surface area contributed by atoms with Gasteiger partial charge in [-0.25, -0.2) is 14.6 Å². The zero-order valence-corrected chi connectivity index (χ0v) is 25.5. The van der Waals surface area contributed by atoms with E-state index in [-0.39, 0.29) is 12.2 Å². The Morgan fingerprint density at radius 3 is 2.47 bits per heavy atom. The summed E-state index contributed by atoms with van der Waals surface area (Å²) >= 11 is 6.16. The van der Waals surface area contributed by atoms with Crippen LogP contribution in [0.25, 0.3) is 0 Å². The molecular weight excluding hydrogens is 572 g/mol. The number of nitrogens with zero attached hydrogens (tertiary/aromatic N) is 4. The van der Waals surface area contributed by atoms with E-state index in [0.717, 1.165) is 10.5 Å². The molecule has 2 N–H and O–H groups in total. The Bertz CT molecular complexity index is 1500. The Kier molecular flexibility index (Phi) is 9.65. The topological polar surface area (TPSA) is 134 Å². The van der Waals surface area contributed by atoms with Gasteiger partial charge in [0.1, 0.15) is 17.5 Å². The molecule has 0 bridgehead atoms. The highest BCUT2D eigenvalue weighted by Crippen LogP contribution is 2.34. The van der Waals surface area contributed by atoms with Gasteiger partial charge >= 0.3 is 12.1 Å². The fraction of sp³-hybridized carbons (Fsp3) is 0.355. The van der Waals surface area contributed by atoms with Crippen LogP contribution < -0.4 is 15.5 Å². The van der Waals surface area contributed by atoms with E-state index in [9.17, 15) is 19.2 Å². The lowest BCUT2D eigenvalue weighted by Crippen LogP contribution is -2.70. The number of amides is 5. The van der Waals surface area contributed by atoms with Gasteiger partial charge in [-0.15, -0.1) is 0 Å². The van der Waals surface area contributed by atoms with Crippen molar-refractivity contribution in [1.82, 2.24) is 20.2 Å². The number of likely N-dealkylation sites (tertiary alicyclic amines) is 1. The van der Waals surface area contributed by atoms with Crippen LogP contribution >= 0.6 is 11.6 Å². The number of halogens is 1. The molecule has 0 radical (unpaired) electrons. The molecular formula is C31H35ClN6O5. The lowest BCUT2D eigenvalue weighted by molar-refractivity contribution is -0.156. The minimum absolute atomic E-state index is 0.139. The number of carbonyl (C=O) groups excluding carboxylic acids is 4. The number of urea groups is 1. The van der Waals surface area contributed by atoms with Crippen molar-refractivity contribution in [3.63, 3.8) is 0 Å². The highest BCUT2D eigenvalue weighted by atomic mass is 35.5. The molecule has 11 nitrogen and oxygen atoms in total. The van der Waals surface area contributed by atoms with E-state index in [1.807, 2.05) is 13.0 Å². The summed E-state index contributed by atoms with van der Waals surface area (Å²) in [6.07, 6.45) is 4.61. The van der Waals surface area contributed by atoms with Crippen LogP contribution in [0.1, 0.15) is 51.3 Å². The maximum atomic E-state index is 13.8. The number of hydrogen-bond donors (Lipinski definition) is 2. The van der Waals surface area contributed by atoms with Gasteiger partial charge in [-0.1, -0.05) is 30.7 Å². The Morgan fingerprint density at radius 2 is 1.81 bits per heavy atom. The highest BCUT2D eigenvalue weighted by Gasteiger charge is 2.55. The first-order valence-corrected chi connectivity index (χ1v) is 14.3. The second-order valence-corrected chi connectivity index (χ2v) is 11.6. The standard InChI is InChI=1S/C31H35ClN6O5/c1-6-24(20-8-7-9-21(32)18-20)35-29(41)38-26(28(40)37(5)22-11-13-33-14-12-22)23(27(38)39)16-19-10-15-34-25(17-19)36-30(42)43-31(2,3)4/h7-15,17-18,23-24,26H,6,16H2,1-5H3,(H,35,41)(H,34,36,42)/t23-,24-,26+/m1/s1. The Morgan fingerprint density at radius 1 is 1.09 bits per heavy atom. The van der Waals surface area contributed by atoms with Crippen LogP contribution in [0.4, 0.5) is 21.1 Å². The predicted molar refractivity (Wildman–Crippen MR) is 163 cm³/mol. The van der Waals surface area contributed by atoms with Crippen LogP contribution in [0.15, 0.2) is 67.1 Å². The molecule has 1 fully saturated rings. The number of hydrogen-bond acceptors (Lipinski definition) is 7. The number of pyridine rings is 2. The van der Waals surface area contributed by atoms with Gasteiger partial charge < -0.3 is 15.0 Å². The van der Waals surface area contributed by atoms with Crippen molar-refractivity contribution >= 4 is 47.0 Å². The van der Waals surface area contributed by atoms with Crippen LogP contribution in [0, 0.1) is 5.92 Å². The zero-order chi connectivity index (χ0) is 31.3. The maximum absolute atomic E-state index is 13.8. The molecule has 226 valence electrons. The molecule has 1 aromatic carbocycles. The minimum atomic E-state index is -1.07. The lowest BCUT2D eigenvalue weighted by Gasteiger charge is -2.46. The molecule has 3 atom stereocenters. The largest absolute Gasteiger partial charge is 0.444 e. The van der Waals surface area contributed by atoms with Crippen LogP contribution in [-0.2, 0) is 20.7 Å². The van der Waals surface area contributed by atoms with Crippen molar-refractivity contribution in [2.45, 2.75) is 58.2 Å². The van der Waals surface area contributed by atoms with Crippen molar-refractivity contribution in [2.24, 2.45) is 5.92 Å². The van der Waals surface area contributed by atoms with Crippen molar-refractivity contribution in [1.29, 1.82) is 0 Å². The summed E-state index contributed by atoms with van der Waals surface area (Å²) in [6.45, 7) is 7.15. The molecule has 4 rings (SSSR count). The first-order valence-electron chi connectivity index (χ1n) is 13.9. The summed E-state index contributed by atoms with van der Waals surface area (Å²) in [6, 6.07) is 11.6. The Hall–Kier alpha value is -4.51. The van der Waals surface area contributed by atoms with E-state index in [4.69, 9.17) is 16.3 Å². The summed E-state index contributed by atoms with van der Waals surface area (Å²) in [7, 11) is 1.59. The van der Waals surface area contributed by atoms with Crippen molar-refractivity contribution in [2.75, 3.05) is 17.3 Å². The summed E-state index contributed by atoms with van der Waals surface area (Å²) < 4.78 is 5.29. The van der Waals surface area contributed by atoms with E-state index in [1.165, 1.54) is 11.1 Å². The van der Waals surface area contributed by atoms with Crippen LogP contribution in [-0.4, -0.2) is 57.5 Å². The highest BCUT2D eigenvalue weighted by molar-refractivity contribution is 6.30. The normalized spacial score (nSPS) is 17.0. The number of anilines is 2. The quantitative estimate of drug-likeness (QED) is 0.329. The first kappa shape index (κ1) is 31.4. The van der Waals surface area contributed by atoms with Crippen molar-refractivity contribution in [3.8, 4) is 0 Å². The van der Waals surface area contributed by atoms with Gasteiger partial charge in [0.05, 0.1) is 12.0 Å². The van der Waals surface area contributed by atoms with E-state index < -0.39 is 47.5 Å². The monoisotopic (exact) mass is 606 g/mol. The third-order valence-corrected chi connectivity index (χ3v) is 7.17. The minimum Gasteiger partial charge on any atom is -0.444 e. The molecule has 0 unspecified atom stereocenters. The molecule has 3 heterocycles. The van der Waals surface area contributed by atoms with Crippen LogP contribution in [0.5, 0.6) is 0 Å². The number of carbonyl (C=O) groups is 4. The lowest BCUT2D eigenvalue weighted by atomic mass is 9.81. The van der Waals surface area contributed by atoms with E-state index in [0.29, 0.717) is 22.7 Å². The van der Waals surface area contributed by atoms with Gasteiger partial charge in [0.15, 0.2) is 0 Å². The molecule has 0 aliphatic carbocycles. The van der Waals surface area contributed by atoms with Crippen molar-refractivity contribution < 1.29 is 23.9 Å². The molecule has 1 saturated heterocycles. The molecule has 3 aromatic rings. The number of imide groups is 1. The second kappa shape index (κ2) is 13.2. The third kappa shape index (κ3) is 7.66. The SMILES string of the molecule is CC[C@@H](NC(=O)N1C(=O)[C@H](Cc2ccnc(NC(=O)OC(C)(C)C)c2)[C@H]1C(=O)N(C)c1ccncc1)c1cccc(Cl)c1. The Balaban J connectivity index is 1.57. The number of ether oxygens (including phenoxy) is 1. The van der Waals surface area contributed by atoms with Gasteiger partial charge in [-0.3, -0.25) is 24.8 Å². The molecule has 2 aromatic heterocycles. The fourth-order valence-corrected chi connectivity index (χ4v) is 5.04.